The Morgan fingerprint density at radius 3 is 2.36 bits per heavy atom. The molecule has 1 aliphatic heterocycles. The van der Waals surface area contributed by atoms with Crippen LogP contribution in [0.15, 0.2) is 48.5 Å². The summed E-state index contributed by atoms with van der Waals surface area (Å²) in [5.41, 5.74) is 3.74. The SMILES string of the molecule is Cc1ccc(N2CCN(C[C@H](O)COc3cccc(C)c3)CC2)cc1. The van der Waals surface area contributed by atoms with Gasteiger partial charge in [-0.15, -0.1) is 0 Å². The monoisotopic (exact) mass is 340 g/mol. The van der Waals surface area contributed by atoms with Crippen LogP contribution in [0.2, 0.25) is 0 Å². The summed E-state index contributed by atoms with van der Waals surface area (Å²) < 4.78 is 5.70. The van der Waals surface area contributed by atoms with E-state index in [2.05, 4.69) is 41.0 Å². The van der Waals surface area contributed by atoms with Gasteiger partial charge in [-0.2, -0.15) is 0 Å². The zero-order valence-electron chi connectivity index (χ0n) is 15.2. The molecule has 0 unspecified atom stereocenters. The van der Waals surface area contributed by atoms with Gasteiger partial charge in [0.25, 0.3) is 0 Å². The lowest BCUT2D eigenvalue weighted by molar-refractivity contribution is 0.0663. The van der Waals surface area contributed by atoms with Crippen LogP contribution in [0.25, 0.3) is 0 Å². The number of aryl methyl sites for hydroxylation is 2. The van der Waals surface area contributed by atoms with Crippen molar-refractivity contribution in [1.29, 1.82) is 0 Å². The maximum Gasteiger partial charge on any atom is 0.119 e. The summed E-state index contributed by atoms with van der Waals surface area (Å²) in [7, 11) is 0. The Hall–Kier alpha value is -2.04. The van der Waals surface area contributed by atoms with Crippen molar-refractivity contribution in [1.82, 2.24) is 4.90 Å². The molecule has 25 heavy (non-hydrogen) atoms. The molecule has 2 aromatic rings. The van der Waals surface area contributed by atoms with E-state index in [1.807, 2.05) is 31.2 Å². The van der Waals surface area contributed by atoms with Crippen molar-refractivity contribution in [3.63, 3.8) is 0 Å². The Balaban J connectivity index is 1.41. The Morgan fingerprint density at radius 1 is 0.960 bits per heavy atom. The molecule has 134 valence electrons. The number of nitrogens with zero attached hydrogens (tertiary/aromatic N) is 2. The van der Waals surface area contributed by atoms with E-state index < -0.39 is 6.10 Å². The zero-order chi connectivity index (χ0) is 17.6. The largest absolute Gasteiger partial charge is 0.491 e. The molecular weight excluding hydrogens is 312 g/mol. The summed E-state index contributed by atoms with van der Waals surface area (Å²) in [5.74, 6) is 0.822. The van der Waals surface area contributed by atoms with Gasteiger partial charge < -0.3 is 14.7 Å². The fourth-order valence-electron chi connectivity index (χ4n) is 3.19. The van der Waals surface area contributed by atoms with Gasteiger partial charge in [-0.25, -0.2) is 0 Å². The molecule has 2 aromatic carbocycles. The van der Waals surface area contributed by atoms with Crippen LogP contribution in [0.4, 0.5) is 5.69 Å². The van der Waals surface area contributed by atoms with Gasteiger partial charge in [-0.3, -0.25) is 4.90 Å². The minimum atomic E-state index is -0.466. The molecule has 1 fully saturated rings. The summed E-state index contributed by atoms with van der Waals surface area (Å²) in [6.45, 7) is 9.07. The summed E-state index contributed by atoms with van der Waals surface area (Å²) >= 11 is 0. The first-order valence-corrected chi connectivity index (χ1v) is 9.01. The second-order valence-electron chi connectivity index (χ2n) is 6.90. The van der Waals surface area contributed by atoms with Crippen molar-refractivity contribution in [2.75, 3.05) is 44.2 Å². The average molecular weight is 340 g/mol. The smallest absolute Gasteiger partial charge is 0.119 e. The Labute approximate surface area is 150 Å². The highest BCUT2D eigenvalue weighted by Crippen LogP contribution is 2.17. The predicted octanol–water partition coefficient (Wildman–Crippen LogP) is 2.87. The number of piperazine rings is 1. The van der Waals surface area contributed by atoms with Gasteiger partial charge in [0.1, 0.15) is 18.5 Å². The Morgan fingerprint density at radius 2 is 1.68 bits per heavy atom. The molecule has 0 spiro atoms. The highest BCUT2D eigenvalue weighted by molar-refractivity contribution is 5.47. The molecule has 1 saturated heterocycles. The number of ether oxygens (including phenoxy) is 1. The molecule has 0 aliphatic carbocycles. The summed E-state index contributed by atoms with van der Waals surface area (Å²) in [4.78, 5) is 4.72. The summed E-state index contributed by atoms with van der Waals surface area (Å²) in [6.07, 6.45) is -0.466. The van der Waals surface area contributed by atoms with Crippen molar-refractivity contribution in [3.8, 4) is 5.75 Å². The highest BCUT2D eigenvalue weighted by atomic mass is 16.5. The average Bonchev–Trinajstić information content (AvgIpc) is 2.62. The Bertz CT molecular complexity index is 664. The first kappa shape index (κ1) is 17.8. The van der Waals surface area contributed by atoms with Crippen LogP contribution in [-0.2, 0) is 0 Å². The number of anilines is 1. The summed E-state index contributed by atoms with van der Waals surface area (Å²) in [6, 6.07) is 16.6. The molecular formula is C21H28N2O2. The van der Waals surface area contributed by atoms with Crippen LogP contribution >= 0.6 is 0 Å². The Kier molecular flexibility index (Phi) is 5.95. The molecule has 1 heterocycles. The first-order chi connectivity index (χ1) is 12.1. The number of hydrogen-bond donors (Lipinski definition) is 1. The maximum atomic E-state index is 10.3. The molecule has 1 atom stereocenters. The first-order valence-electron chi connectivity index (χ1n) is 9.01. The van der Waals surface area contributed by atoms with Crippen molar-refractivity contribution in [2.45, 2.75) is 20.0 Å². The van der Waals surface area contributed by atoms with E-state index in [1.54, 1.807) is 0 Å². The van der Waals surface area contributed by atoms with Crippen molar-refractivity contribution in [3.05, 3.63) is 59.7 Å². The minimum Gasteiger partial charge on any atom is -0.491 e. The van der Waals surface area contributed by atoms with Crippen molar-refractivity contribution < 1.29 is 9.84 Å². The van der Waals surface area contributed by atoms with E-state index in [4.69, 9.17) is 4.74 Å². The number of aliphatic hydroxyl groups is 1. The van der Waals surface area contributed by atoms with Crippen molar-refractivity contribution >= 4 is 5.69 Å². The van der Waals surface area contributed by atoms with E-state index in [1.165, 1.54) is 16.8 Å². The van der Waals surface area contributed by atoms with Crippen LogP contribution < -0.4 is 9.64 Å². The molecule has 0 aromatic heterocycles. The zero-order valence-corrected chi connectivity index (χ0v) is 15.2. The fraction of sp³-hybridized carbons (Fsp3) is 0.429. The predicted molar refractivity (Wildman–Crippen MR) is 103 cm³/mol. The molecule has 0 bridgehead atoms. The molecule has 4 heteroatoms. The highest BCUT2D eigenvalue weighted by Gasteiger charge is 2.19. The maximum absolute atomic E-state index is 10.3. The van der Waals surface area contributed by atoms with E-state index in [0.29, 0.717) is 13.2 Å². The third kappa shape index (κ3) is 5.21. The molecule has 3 rings (SSSR count). The minimum absolute atomic E-state index is 0.335. The number of β-amino-alcohol motifs (C(OH)–C–C–N with tert-alkyl or cyclic N) is 1. The van der Waals surface area contributed by atoms with Gasteiger partial charge in [0.05, 0.1) is 0 Å². The summed E-state index contributed by atoms with van der Waals surface area (Å²) in [5, 5.41) is 10.3. The topological polar surface area (TPSA) is 35.9 Å². The molecule has 0 amide bonds. The molecule has 1 N–H and O–H groups in total. The molecule has 0 saturated carbocycles. The van der Waals surface area contributed by atoms with Gasteiger partial charge in [0.2, 0.25) is 0 Å². The van der Waals surface area contributed by atoms with E-state index in [0.717, 1.165) is 31.9 Å². The van der Waals surface area contributed by atoms with E-state index in [9.17, 15) is 5.11 Å². The van der Waals surface area contributed by atoms with Crippen molar-refractivity contribution in [2.24, 2.45) is 0 Å². The standard InChI is InChI=1S/C21H28N2O2/c1-17-6-8-19(9-7-17)23-12-10-22(11-13-23)15-20(24)16-25-21-5-3-4-18(2)14-21/h3-9,14,20,24H,10-13,15-16H2,1-2H3/t20-/m0/s1. The van der Waals surface area contributed by atoms with Crippen LogP contribution in [0.3, 0.4) is 0 Å². The number of rotatable bonds is 6. The van der Waals surface area contributed by atoms with Gasteiger partial charge in [-0.05, 0) is 43.7 Å². The quantitative estimate of drug-likeness (QED) is 0.877. The fourth-order valence-corrected chi connectivity index (χ4v) is 3.19. The van der Waals surface area contributed by atoms with Gasteiger partial charge >= 0.3 is 0 Å². The van der Waals surface area contributed by atoms with Crippen LogP contribution in [0, 0.1) is 13.8 Å². The van der Waals surface area contributed by atoms with Gasteiger partial charge in [0.15, 0.2) is 0 Å². The molecule has 4 nitrogen and oxygen atoms in total. The van der Waals surface area contributed by atoms with Crippen LogP contribution in [-0.4, -0.2) is 55.4 Å². The lowest BCUT2D eigenvalue weighted by atomic mass is 10.2. The third-order valence-corrected chi connectivity index (χ3v) is 4.67. The second-order valence-corrected chi connectivity index (χ2v) is 6.90. The van der Waals surface area contributed by atoms with Crippen LogP contribution in [0.5, 0.6) is 5.75 Å². The number of aliphatic hydroxyl groups excluding tert-OH is 1. The van der Waals surface area contributed by atoms with E-state index in [-0.39, 0.29) is 0 Å². The lowest BCUT2D eigenvalue weighted by Gasteiger charge is -2.36. The lowest BCUT2D eigenvalue weighted by Crippen LogP contribution is -2.49. The number of benzene rings is 2. The second kappa shape index (κ2) is 8.37. The number of hydrogen-bond acceptors (Lipinski definition) is 4. The molecule has 0 radical (unpaired) electrons. The third-order valence-electron chi connectivity index (χ3n) is 4.67. The van der Waals surface area contributed by atoms with Gasteiger partial charge in [0, 0.05) is 38.4 Å². The van der Waals surface area contributed by atoms with Gasteiger partial charge in [-0.1, -0.05) is 29.8 Å². The normalized spacial score (nSPS) is 16.7. The van der Waals surface area contributed by atoms with Crippen LogP contribution in [0.1, 0.15) is 11.1 Å². The van der Waals surface area contributed by atoms with E-state index >= 15 is 0 Å². The molecule has 1 aliphatic rings.